The SMILES string of the molecule is C=CC(=O)O[C@]1(C)CCOC(=O)C1. The van der Waals surface area contributed by atoms with Crippen LogP contribution < -0.4 is 0 Å². The summed E-state index contributed by atoms with van der Waals surface area (Å²) in [4.78, 5) is 21.8. The summed E-state index contributed by atoms with van der Waals surface area (Å²) in [6.07, 6.45) is 1.75. The molecule has 0 N–H and O–H groups in total. The molecule has 0 aromatic carbocycles. The van der Waals surface area contributed by atoms with Gasteiger partial charge in [-0.15, -0.1) is 0 Å². The van der Waals surface area contributed by atoms with E-state index < -0.39 is 11.6 Å². The third-order valence-electron chi connectivity index (χ3n) is 1.93. The van der Waals surface area contributed by atoms with E-state index in [2.05, 4.69) is 6.58 Å². The molecule has 0 amide bonds. The smallest absolute Gasteiger partial charge is 0.330 e. The Morgan fingerprint density at radius 1 is 1.77 bits per heavy atom. The number of hydrogen-bond acceptors (Lipinski definition) is 4. The van der Waals surface area contributed by atoms with E-state index in [-0.39, 0.29) is 12.4 Å². The van der Waals surface area contributed by atoms with Crippen LogP contribution in [0.25, 0.3) is 0 Å². The summed E-state index contributed by atoms with van der Waals surface area (Å²) in [5.74, 6) is -0.831. The minimum atomic E-state index is -0.722. The molecule has 0 aromatic rings. The van der Waals surface area contributed by atoms with Crippen LogP contribution in [-0.2, 0) is 19.1 Å². The van der Waals surface area contributed by atoms with Crippen molar-refractivity contribution in [2.75, 3.05) is 6.61 Å². The number of hydrogen-bond donors (Lipinski definition) is 0. The Morgan fingerprint density at radius 2 is 2.46 bits per heavy atom. The third kappa shape index (κ3) is 2.57. The first-order valence-electron chi connectivity index (χ1n) is 4.07. The van der Waals surface area contributed by atoms with E-state index in [0.29, 0.717) is 13.0 Å². The highest BCUT2D eigenvalue weighted by Crippen LogP contribution is 2.25. The van der Waals surface area contributed by atoms with Gasteiger partial charge in [-0.1, -0.05) is 6.58 Å². The molecule has 72 valence electrons. The highest BCUT2D eigenvalue weighted by atomic mass is 16.6. The quantitative estimate of drug-likeness (QED) is 0.470. The molecule has 1 saturated heterocycles. The molecule has 1 aliphatic heterocycles. The van der Waals surface area contributed by atoms with Crippen molar-refractivity contribution in [3.8, 4) is 0 Å². The minimum absolute atomic E-state index is 0.118. The average Bonchev–Trinajstić information content (AvgIpc) is 2.02. The van der Waals surface area contributed by atoms with Gasteiger partial charge in [0, 0.05) is 12.5 Å². The average molecular weight is 184 g/mol. The zero-order chi connectivity index (χ0) is 9.90. The Bertz CT molecular complexity index is 246. The lowest BCUT2D eigenvalue weighted by atomic mass is 9.96. The van der Waals surface area contributed by atoms with Gasteiger partial charge in [-0.05, 0) is 6.92 Å². The zero-order valence-corrected chi connectivity index (χ0v) is 7.54. The number of esters is 2. The van der Waals surface area contributed by atoms with Crippen LogP contribution in [0.3, 0.4) is 0 Å². The second kappa shape index (κ2) is 3.60. The largest absolute Gasteiger partial charge is 0.465 e. The maximum Gasteiger partial charge on any atom is 0.330 e. The molecule has 13 heavy (non-hydrogen) atoms. The molecule has 0 aromatic heterocycles. The van der Waals surface area contributed by atoms with Crippen molar-refractivity contribution in [1.29, 1.82) is 0 Å². The lowest BCUT2D eigenvalue weighted by Gasteiger charge is -2.31. The lowest BCUT2D eigenvalue weighted by Crippen LogP contribution is -2.39. The highest BCUT2D eigenvalue weighted by molar-refractivity contribution is 5.82. The summed E-state index contributed by atoms with van der Waals surface area (Å²) in [5, 5.41) is 0. The summed E-state index contributed by atoms with van der Waals surface area (Å²) in [6.45, 7) is 5.31. The fourth-order valence-corrected chi connectivity index (χ4v) is 1.20. The summed E-state index contributed by atoms with van der Waals surface area (Å²) < 4.78 is 9.77. The van der Waals surface area contributed by atoms with Crippen molar-refractivity contribution in [2.45, 2.75) is 25.4 Å². The molecule has 1 atom stereocenters. The van der Waals surface area contributed by atoms with Crippen molar-refractivity contribution >= 4 is 11.9 Å². The van der Waals surface area contributed by atoms with Crippen molar-refractivity contribution in [1.82, 2.24) is 0 Å². The highest BCUT2D eigenvalue weighted by Gasteiger charge is 2.35. The molecule has 0 radical (unpaired) electrons. The second-order valence-electron chi connectivity index (χ2n) is 3.22. The normalized spacial score (nSPS) is 27.6. The van der Waals surface area contributed by atoms with Gasteiger partial charge in [0.15, 0.2) is 0 Å². The van der Waals surface area contributed by atoms with Crippen molar-refractivity contribution < 1.29 is 19.1 Å². The number of ether oxygens (including phenoxy) is 2. The van der Waals surface area contributed by atoms with Crippen molar-refractivity contribution in [3.05, 3.63) is 12.7 Å². The first-order valence-corrected chi connectivity index (χ1v) is 4.07. The Balaban J connectivity index is 2.58. The van der Waals surface area contributed by atoms with E-state index in [1.807, 2.05) is 0 Å². The first-order chi connectivity index (χ1) is 6.06. The van der Waals surface area contributed by atoms with E-state index in [0.717, 1.165) is 6.08 Å². The first kappa shape index (κ1) is 9.77. The van der Waals surface area contributed by atoms with Gasteiger partial charge in [-0.25, -0.2) is 4.79 Å². The summed E-state index contributed by atoms with van der Waals surface area (Å²) in [5.41, 5.74) is -0.722. The van der Waals surface area contributed by atoms with Crippen LogP contribution in [0, 0.1) is 0 Å². The maximum atomic E-state index is 10.9. The molecular formula is C9H12O4. The summed E-state index contributed by atoms with van der Waals surface area (Å²) in [7, 11) is 0. The number of cyclic esters (lactones) is 1. The van der Waals surface area contributed by atoms with Gasteiger partial charge < -0.3 is 9.47 Å². The fourth-order valence-electron chi connectivity index (χ4n) is 1.20. The Morgan fingerprint density at radius 3 is 3.00 bits per heavy atom. The van der Waals surface area contributed by atoms with E-state index in [9.17, 15) is 9.59 Å². The Kier molecular flexibility index (Phi) is 2.70. The zero-order valence-electron chi connectivity index (χ0n) is 7.54. The van der Waals surface area contributed by atoms with Gasteiger partial charge >= 0.3 is 11.9 Å². The molecule has 0 bridgehead atoms. The van der Waals surface area contributed by atoms with Crippen LogP contribution in [0.2, 0.25) is 0 Å². The van der Waals surface area contributed by atoms with Crippen LogP contribution in [0.1, 0.15) is 19.8 Å². The Hall–Kier alpha value is -1.32. The van der Waals surface area contributed by atoms with Crippen LogP contribution >= 0.6 is 0 Å². The van der Waals surface area contributed by atoms with Gasteiger partial charge in [-0.2, -0.15) is 0 Å². The van der Waals surface area contributed by atoms with Gasteiger partial charge in [-0.3, -0.25) is 4.79 Å². The van der Waals surface area contributed by atoms with Crippen LogP contribution in [0.4, 0.5) is 0 Å². The molecule has 1 aliphatic rings. The monoisotopic (exact) mass is 184 g/mol. The third-order valence-corrected chi connectivity index (χ3v) is 1.93. The molecular weight excluding hydrogens is 172 g/mol. The molecule has 0 saturated carbocycles. The van der Waals surface area contributed by atoms with Crippen molar-refractivity contribution in [3.63, 3.8) is 0 Å². The molecule has 1 fully saturated rings. The van der Waals surface area contributed by atoms with E-state index in [1.165, 1.54) is 0 Å². The van der Waals surface area contributed by atoms with Gasteiger partial charge in [0.25, 0.3) is 0 Å². The molecule has 0 aliphatic carbocycles. The van der Waals surface area contributed by atoms with E-state index in [1.54, 1.807) is 6.92 Å². The van der Waals surface area contributed by atoms with Gasteiger partial charge in [0.1, 0.15) is 5.60 Å². The van der Waals surface area contributed by atoms with Gasteiger partial charge in [0.2, 0.25) is 0 Å². The lowest BCUT2D eigenvalue weighted by molar-refractivity contribution is -0.171. The van der Waals surface area contributed by atoms with Crippen LogP contribution in [0.5, 0.6) is 0 Å². The Labute approximate surface area is 76.5 Å². The maximum absolute atomic E-state index is 10.9. The standard InChI is InChI=1S/C9H12O4/c1-3-7(10)13-9(2)4-5-12-8(11)6-9/h3H,1,4-6H2,2H3/t9-/m1/s1. The molecule has 0 unspecified atom stereocenters. The van der Waals surface area contributed by atoms with Crippen LogP contribution in [0.15, 0.2) is 12.7 Å². The van der Waals surface area contributed by atoms with Gasteiger partial charge in [0.05, 0.1) is 13.0 Å². The molecule has 0 spiro atoms. The molecule has 1 rings (SSSR count). The van der Waals surface area contributed by atoms with Crippen molar-refractivity contribution in [2.24, 2.45) is 0 Å². The summed E-state index contributed by atoms with van der Waals surface area (Å²) >= 11 is 0. The molecule has 4 heteroatoms. The fraction of sp³-hybridized carbons (Fsp3) is 0.556. The topological polar surface area (TPSA) is 52.6 Å². The number of rotatable bonds is 2. The van der Waals surface area contributed by atoms with Crippen LogP contribution in [-0.4, -0.2) is 24.1 Å². The number of carbonyl (C=O) groups excluding carboxylic acids is 2. The van der Waals surface area contributed by atoms with E-state index in [4.69, 9.17) is 9.47 Å². The molecule has 4 nitrogen and oxygen atoms in total. The second-order valence-corrected chi connectivity index (χ2v) is 3.22. The predicted molar refractivity (Wildman–Crippen MR) is 44.9 cm³/mol. The summed E-state index contributed by atoms with van der Waals surface area (Å²) in [6, 6.07) is 0. The molecule has 1 heterocycles. The minimum Gasteiger partial charge on any atom is -0.465 e. The predicted octanol–water partition coefficient (Wildman–Crippen LogP) is 0.811. The number of carbonyl (C=O) groups is 2. The van der Waals surface area contributed by atoms with E-state index >= 15 is 0 Å².